The van der Waals surface area contributed by atoms with Crippen LogP contribution in [0.2, 0.25) is 10.0 Å². The predicted octanol–water partition coefficient (Wildman–Crippen LogP) is 2.70. The van der Waals surface area contributed by atoms with E-state index in [-0.39, 0.29) is 28.0 Å². The maximum atomic E-state index is 12.9. The van der Waals surface area contributed by atoms with Gasteiger partial charge < -0.3 is 40.0 Å². The zero-order valence-electron chi connectivity index (χ0n) is 21.2. The van der Waals surface area contributed by atoms with Crippen molar-refractivity contribution in [1.29, 1.82) is 0 Å². The smallest absolute Gasteiger partial charge is 0.446 e. The number of aliphatic hydroxyl groups is 3. The van der Waals surface area contributed by atoms with Crippen molar-refractivity contribution >= 4 is 35.5 Å². The van der Waals surface area contributed by atoms with Crippen molar-refractivity contribution in [2.45, 2.75) is 57.0 Å². The van der Waals surface area contributed by atoms with E-state index in [0.29, 0.717) is 12.1 Å². The SMILES string of the molecule is CO[C@H]1O[C@H](CO)[C@@H](O)[C@H](OC(=O)c2cc(Cl)c(OCc3cccc(CN)c3)c(Cl)c2C)[C@H]1O.O=CC(F)(F)F. The summed E-state index contributed by atoms with van der Waals surface area (Å²) in [6.45, 7) is 1.59. The van der Waals surface area contributed by atoms with E-state index in [4.69, 9.17) is 52.7 Å². The molecule has 1 fully saturated rings. The molecule has 0 radical (unpaired) electrons. The first kappa shape index (κ1) is 33.7. The van der Waals surface area contributed by atoms with Gasteiger partial charge in [-0.1, -0.05) is 47.5 Å². The Morgan fingerprint density at radius 3 is 2.35 bits per heavy atom. The number of nitrogens with two attached hydrogens (primary N) is 1. The zero-order valence-corrected chi connectivity index (χ0v) is 22.7. The molecule has 0 unspecified atom stereocenters. The number of alkyl halides is 3. The van der Waals surface area contributed by atoms with Crippen LogP contribution in [-0.4, -0.2) is 78.2 Å². The molecule has 10 nitrogen and oxygen atoms in total. The number of aliphatic hydroxyl groups excluding tert-OH is 3. The van der Waals surface area contributed by atoms with Crippen molar-refractivity contribution in [2.75, 3.05) is 13.7 Å². The summed E-state index contributed by atoms with van der Waals surface area (Å²) in [5.41, 5.74) is 7.84. The van der Waals surface area contributed by atoms with Crippen LogP contribution in [0.4, 0.5) is 13.2 Å². The maximum absolute atomic E-state index is 12.9. The Morgan fingerprint density at radius 1 is 1.18 bits per heavy atom. The number of ether oxygens (including phenoxy) is 4. The molecule has 40 heavy (non-hydrogen) atoms. The minimum absolute atomic E-state index is 0.0212. The van der Waals surface area contributed by atoms with Gasteiger partial charge in [-0.3, -0.25) is 4.79 Å². The van der Waals surface area contributed by atoms with E-state index in [1.165, 1.54) is 13.2 Å². The minimum Gasteiger partial charge on any atom is -0.486 e. The summed E-state index contributed by atoms with van der Waals surface area (Å²) >= 11 is 12.8. The van der Waals surface area contributed by atoms with Crippen molar-refractivity contribution in [3.8, 4) is 5.75 Å². The molecule has 0 aromatic heterocycles. The first-order valence-electron chi connectivity index (χ1n) is 11.6. The molecule has 0 aliphatic carbocycles. The van der Waals surface area contributed by atoms with E-state index in [1.807, 2.05) is 24.3 Å². The van der Waals surface area contributed by atoms with Crippen LogP contribution in [0.5, 0.6) is 5.75 Å². The van der Waals surface area contributed by atoms with E-state index >= 15 is 0 Å². The van der Waals surface area contributed by atoms with E-state index < -0.39 is 55.7 Å². The quantitative estimate of drug-likeness (QED) is 0.258. The Bertz CT molecular complexity index is 1150. The number of methoxy groups -OCH3 is 1. The van der Waals surface area contributed by atoms with Crippen LogP contribution in [0, 0.1) is 6.92 Å². The molecule has 1 heterocycles. The molecular formula is C25H28Cl2F3NO9. The average molecular weight is 614 g/mol. The highest BCUT2D eigenvalue weighted by atomic mass is 35.5. The Morgan fingerprint density at radius 2 is 1.80 bits per heavy atom. The molecule has 3 rings (SSSR count). The molecule has 5 atom stereocenters. The molecule has 1 saturated heterocycles. The highest BCUT2D eigenvalue weighted by molar-refractivity contribution is 6.38. The van der Waals surface area contributed by atoms with Crippen LogP contribution in [-0.2, 0) is 32.2 Å². The van der Waals surface area contributed by atoms with Crippen LogP contribution < -0.4 is 10.5 Å². The number of esters is 1. The number of halogens is 5. The Balaban J connectivity index is 0.000000840. The highest BCUT2D eigenvalue weighted by Gasteiger charge is 2.47. The lowest BCUT2D eigenvalue weighted by Crippen LogP contribution is -2.60. The van der Waals surface area contributed by atoms with Crippen molar-refractivity contribution < 1.29 is 57.0 Å². The van der Waals surface area contributed by atoms with Crippen LogP contribution in [0.1, 0.15) is 27.0 Å². The van der Waals surface area contributed by atoms with E-state index in [1.54, 1.807) is 6.92 Å². The Labute approximate surface area is 237 Å². The second-order valence-corrected chi connectivity index (χ2v) is 9.24. The lowest BCUT2D eigenvalue weighted by Gasteiger charge is -2.40. The van der Waals surface area contributed by atoms with Crippen LogP contribution in [0.3, 0.4) is 0 Å². The zero-order chi connectivity index (χ0) is 30.2. The third-order valence-corrected chi connectivity index (χ3v) is 6.42. The summed E-state index contributed by atoms with van der Waals surface area (Å²) in [5, 5.41) is 30.4. The van der Waals surface area contributed by atoms with Crippen molar-refractivity contribution in [2.24, 2.45) is 5.73 Å². The third kappa shape index (κ3) is 8.75. The van der Waals surface area contributed by atoms with Gasteiger partial charge in [-0.05, 0) is 29.7 Å². The fraction of sp³-hybridized carbons (Fsp3) is 0.440. The van der Waals surface area contributed by atoms with Crippen LogP contribution in [0.15, 0.2) is 30.3 Å². The molecule has 5 N–H and O–H groups in total. The van der Waals surface area contributed by atoms with Gasteiger partial charge in [0.15, 0.2) is 18.1 Å². The van der Waals surface area contributed by atoms with E-state index in [2.05, 4.69) is 0 Å². The number of benzene rings is 2. The standard InChI is InChI=1S/C23H27Cl2NO8.C2HF3O/c1-11-14(22(30)34-21-18(28)16(9-27)33-23(31-2)19(21)29)7-15(24)20(17(11)25)32-10-13-5-3-4-12(6-13)8-26;3-2(4,5)1-6/h3-7,16,18-19,21,23,27-29H,8-10,26H2,1-2H3;1H/t16-,18-,19-,21+,23+;/m1./s1. The summed E-state index contributed by atoms with van der Waals surface area (Å²) in [7, 11) is 1.27. The van der Waals surface area contributed by atoms with Gasteiger partial charge in [0.1, 0.15) is 24.9 Å². The molecule has 0 amide bonds. The fourth-order valence-corrected chi connectivity index (χ4v) is 4.18. The molecule has 1 aliphatic rings. The first-order valence-corrected chi connectivity index (χ1v) is 12.3. The van der Waals surface area contributed by atoms with Gasteiger partial charge in [0, 0.05) is 13.7 Å². The Hall–Kier alpha value is -2.49. The molecule has 0 bridgehead atoms. The Kier molecular flexibility index (Phi) is 12.6. The van der Waals surface area contributed by atoms with Gasteiger partial charge in [-0.25, -0.2) is 4.79 Å². The number of carbonyl (C=O) groups is 2. The molecule has 222 valence electrons. The van der Waals surface area contributed by atoms with Gasteiger partial charge in [-0.2, -0.15) is 13.2 Å². The molecule has 2 aromatic rings. The minimum atomic E-state index is -4.64. The molecule has 1 aliphatic heterocycles. The normalized spacial score (nSPS) is 22.6. The number of hydrogen-bond donors (Lipinski definition) is 4. The topological polar surface area (TPSA) is 158 Å². The molecule has 2 aromatic carbocycles. The van der Waals surface area contributed by atoms with E-state index in [9.17, 15) is 33.3 Å². The second kappa shape index (κ2) is 14.9. The average Bonchev–Trinajstić information content (AvgIpc) is 2.93. The van der Waals surface area contributed by atoms with Gasteiger partial charge in [0.2, 0.25) is 6.29 Å². The summed E-state index contributed by atoms with van der Waals surface area (Å²) in [4.78, 5) is 21.6. The number of carbonyl (C=O) groups excluding carboxylic acids is 2. The largest absolute Gasteiger partial charge is 0.486 e. The van der Waals surface area contributed by atoms with Gasteiger partial charge in [0.25, 0.3) is 0 Å². The van der Waals surface area contributed by atoms with E-state index in [0.717, 1.165) is 11.1 Å². The summed E-state index contributed by atoms with van der Waals surface area (Å²) < 4.78 is 52.7. The van der Waals surface area contributed by atoms with Crippen molar-refractivity contribution in [1.82, 2.24) is 0 Å². The third-order valence-electron chi connectivity index (χ3n) is 5.68. The lowest BCUT2D eigenvalue weighted by atomic mass is 9.98. The first-order chi connectivity index (χ1) is 18.8. The highest BCUT2D eigenvalue weighted by Crippen LogP contribution is 2.38. The molecular weight excluding hydrogens is 586 g/mol. The fourth-order valence-electron chi connectivity index (χ4n) is 3.61. The van der Waals surface area contributed by atoms with Crippen LogP contribution in [0.25, 0.3) is 0 Å². The summed E-state index contributed by atoms with van der Waals surface area (Å²) in [6.07, 6.45) is -12.4. The molecule has 0 spiro atoms. The summed E-state index contributed by atoms with van der Waals surface area (Å²) in [5.74, 6) is -0.693. The van der Waals surface area contributed by atoms with Crippen molar-refractivity contribution in [3.05, 3.63) is 62.6 Å². The second-order valence-electron chi connectivity index (χ2n) is 8.46. The van der Waals surface area contributed by atoms with Crippen molar-refractivity contribution in [3.63, 3.8) is 0 Å². The monoisotopic (exact) mass is 613 g/mol. The van der Waals surface area contributed by atoms with Gasteiger partial charge in [-0.15, -0.1) is 0 Å². The maximum Gasteiger partial charge on any atom is 0.446 e. The number of hydrogen-bond acceptors (Lipinski definition) is 10. The molecule has 0 saturated carbocycles. The van der Waals surface area contributed by atoms with Crippen LogP contribution >= 0.6 is 23.2 Å². The number of rotatable bonds is 8. The lowest BCUT2D eigenvalue weighted by molar-refractivity contribution is -0.293. The summed E-state index contributed by atoms with van der Waals surface area (Å²) in [6, 6.07) is 8.88. The molecule has 15 heteroatoms. The number of aldehydes is 1. The van der Waals surface area contributed by atoms with Gasteiger partial charge in [0.05, 0.1) is 22.2 Å². The van der Waals surface area contributed by atoms with Gasteiger partial charge >= 0.3 is 12.1 Å². The predicted molar refractivity (Wildman–Crippen MR) is 136 cm³/mol.